The van der Waals surface area contributed by atoms with Crippen molar-refractivity contribution in [1.82, 2.24) is 10.2 Å². The third-order valence-electron chi connectivity index (χ3n) is 8.81. The Bertz CT molecular complexity index is 832. The van der Waals surface area contributed by atoms with E-state index in [1.54, 1.807) is 11.8 Å². The number of amides is 1. The molecule has 5 aliphatic rings. The highest BCUT2D eigenvalue weighted by molar-refractivity contribution is 8.05. The molecule has 32 heavy (non-hydrogen) atoms. The molecule has 2 heterocycles. The van der Waals surface area contributed by atoms with Crippen LogP contribution in [0.15, 0.2) is 10.6 Å². The Labute approximate surface area is 192 Å². The van der Waals surface area contributed by atoms with E-state index < -0.39 is 28.5 Å². The number of Topliss-reactive ketones (excluding diaryl/α,β-unsaturated/α-hetero) is 1. The van der Waals surface area contributed by atoms with Gasteiger partial charge in [-0.2, -0.15) is 13.2 Å². The highest BCUT2D eigenvalue weighted by Crippen LogP contribution is 2.58. The average Bonchev–Trinajstić information content (AvgIpc) is 3.41. The fourth-order valence-corrected chi connectivity index (χ4v) is 8.21. The maximum atomic E-state index is 14.8. The fraction of sp³-hybridized carbons (Fsp3) is 0.833. The molecule has 5 atom stereocenters. The molecule has 0 aromatic rings. The number of likely N-dealkylation sites (tertiary alicyclic amines) is 1. The number of carbonyl (C=O) groups excluding carboxylic acids is 2. The smallest absolute Gasteiger partial charge is 0.377 e. The van der Waals surface area contributed by atoms with Crippen molar-refractivity contribution in [2.45, 2.75) is 82.2 Å². The SMILES string of the molecule is CC1=C(N[C@H]2CC3CCC2C3)SC(C2CCN(C(=O)C3CC3)CC2)(C(F)(F)F)C(=O)C1C. The van der Waals surface area contributed by atoms with Crippen molar-refractivity contribution in [1.29, 1.82) is 0 Å². The molecule has 4 unspecified atom stereocenters. The number of hydrogen-bond donors (Lipinski definition) is 1. The lowest BCUT2D eigenvalue weighted by Crippen LogP contribution is -2.61. The molecule has 0 radical (unpaired) electrons. The fourth-order valence-electron chi connectivity index (χ4n) is 6.55. The van der Waals surface area contributed by atoms with Gasteiger partial charge in [-0.05, 0) is 75.2 Å². The van der Waals surface area contributed by atoms with Crippen molar-refractivity contribution in [3.8, 4) is 0 Å². The van der Waals surface area contributed by atoms with Gasteiger partial charge >= 0.3 is 6.18 Å². The van der Waals surface area contributed by atoms with Gasteiger partial charge in [0.25, 0.3) is 0 Å². The van der Waals surface area contributed by atoms with Gasteiger partial charge in [-0.15, -0.1) is 0 Å². The van der Waals surface area contributed by atoms with Crippen molar-refractivity contribution in [3.05, 3.63) is 10.6 Å². The van der Waals surface area contributed by atoms with Crippen LogP contribution in [-0.2, 0) is 9.59 Å². The van der Waals surface area contributed by atoms with E-state index in [-0.39, 0.29) is 30.7 Å². The van der Waals surface area contributed by atoms with Crippen LogP contribution in [0.5, 0.6) is 0 Å². The monoisotopic (exact) mass is 470 g/mol. The van der Waals surface area contributed by atoms with Crippen molar-refractivity contribution < 1.29 is 22.8 Å². The summed E-state index contributed by atoms with van der Waals surface area (Å²) in [4.78, 5) is 27.5. The molecule has 3 aliphatic carbocycles. The average molecular weight is 471 g/mol. The van der Waals surface area contributed by atoms with Gasteiger partial charge in [0.2, 0.25) is 5.91 Å². The van der Waals surface area contributed by atoms with Crippen molar-refractivity contribution >= 4 is 23.5 Å². The van der Waals surface area contributed by atoms with Crippen LogP contribution in [0.4, 0.5) is 13.2 Å². The van der Waals surface area contributed by atoms with Gasteiger partial charge in [-0.3, -0.25) is 9.59 Å². The van der Waals surface area contributed by atoms with Gasteiger partial charge in [0.05, 0.1) is 5.03 Å². The first-order valence-electron chi connectivity index (χ1n) is 12.2. The third kappa shape index (κ3) is 3.59. The summed E-state index contributed by atoms with van der Waals surface area (Å²) in [5.41, 5.74) is 0.740. The predicted octanol–water partition coefficient (Wildman–Crippen LogP) is 4.90. The van der Waals surface area contributed by atoms with Crippen LogP contribution in [-0.4, -0.2) is 46.6 Å². The Balaban J connectivity index is 1.39. The van der Waals surface area contributed by atoms with Crippen LogP contribution < -0.4 is 5.32 Å². The minimum Gasteiger partial charge on any atom is -0.377 e. The Morgan fingerprint density at radius 1 is 1.09 bits per heavy atom. The molecule has 1 amide bonds. The Hall–Kier alpha value is -1.18. The highest BCUT2D eigenvalue weighted by atomic mass is 32.2. The summed E-state index contributed by atoms with van der Waals surface area (Å²) in [5.74, 6) is -0.914. The molecule has 1 N–H and O–H groups in total. The molecule has 178 valence electrons. The summed E-state index contributed by atoms with van der Waals surface area (Å²) in [6.07, 6.45) is 2.15. The molecular formula is C24H33F3N2O2S. The Kier molecular flexibility index (Phi) is 5.62. The zero-order chi connectivity index (χ0) is 22.8. The quantitative estimate of drug-likeness (QED) is 0.635. The first-order chi connectivity index (χ1) is 15.1. The molecule has 5 rings (SSSR count). The lowest BCUT2D eigenvalue weighted by molar-refractivity contribution is -0.184. The number of fused-ring (bicyclic) bond motifs is 2. The molecule has 0 aromatic heterocycles. The molecule has 4 fully saturated rings. The summed E-state index contributed by atoms with van der Waals surface area (Å²) in [6, 6.07) is 0.218. The van der Waals surface area contributed by atoms with E-state index in [0.717, 1.165) is 43.0 Å². The van der Waals surface area contributed by atoms with Crippen LogP contribution >= 0.6 is 11.8 Å². The number of alkyl halides is 3. The first kappa shape index (κ1) is 22.6. The minimum atomic E-state index is -4.64. The second-order valence-electron chi connectivity index (χ2n) is 10.7. The van der Waals surface area contributed by atoms with Gasteiger partial charge in [0.15, 0.2) is 10.5 Å². The van der Waals surface area contributed by atoms with E-state index in [9.17, 15) is 22.8 Å². The first-order valence-corrected chi connectivity index (χ1v) is 13.0. The van der Waals surface area contributed by atoms with Crippen molar-refractivity contribution in [2.24, 2.45) is 29.6 Å². The highest BCUT2D eigenvalue weighted by Gasteiger charge is 2.67. The zero-order valence-corrected chi connectivity index (χ0v) is 19.7. The molecular weight excluding hydrogens is 437 g/mol. The van der Waals surface area contributed by atoms with E-state index >= 15 is 0 Å². The largest absolute Gasteiger partial charge is 0.410 e. The lowest BCUT2D eigenvalue weighted by atomic mass is 9.75. The summed E-state index contributed by atoms with van der Waals surface area (Å²) in [6.45, 7) is 4.07. The summed E-state index contributed by atoms with van der Waals surface area (Å²) in [7, 11) is 0. The van der Waals surface area contributed by atoms with E-state index in [0.29, 0.717) is 30.0 Å². The maximum absolute atomic E-state index is 14.8. The topological polar surface area (TPSA) is 49.4 Å². The number of halogens is 3. The van der Waals surface area contributed by atoms with Crippen LogP contribution in [0.25, 0.3) is 0 Å². The Morgan fingerprint density at radius 2 is 1.78 bits per heavy atom. The van der Waals surface area contributed by atoms with Gasteiger partial charge in [-0.25, -0.2) is 0 Å². The van der Waals surface area contributed by atoms with E-state index in [2.05, 4.69) is 5.32 Å². The number of rotatable bonds is 4. The Morgan fingerprint density at radius 3 is 2.31 bits per heavy atom. The molecule has 1 saturated heterocycles. The number of piperidine rings is 1. The van der Waals surface area contributed by atoms with Crippen molar-refractivity contribution in [3.63, 3.8) is 0 Å². The van der Waals surface area contributed by atoms with Crippen LogP contribution in [0, 0.1) is 29.6 Å². The number of thioether (sulfide) groups is 1. The molecule has 4 nitrogen and oxygen atoms in total. The van der Waals surface area contributed by atoms with Gasteiger partial charge in [0.1, 0.15) is 0 Å². The standard InChI is InChI=1S/C24H33F3N2O2S/c1-13-14(2)21(28-19-12-15-3-4-17(19)11-15)32-23(20(13)30,24(25,26)27)18-7-9-29(10-8-18)22(31)16-5-6-16/h13,15-19,28H,3-12H2,1-2H3/t13?,15?,17?,19-,23?/m0/s1. The van der Waals surface area contributed by atoms with Gasteiger partial charge < -0.3 is 10.2 Å². The normalized spacial score (nSPS) is 38.5. The molecule has 2 aliphatic heterocycles. The number of allylic oxidation sites excluding steroid dienone is 1. The summed E-state index contributed by atoms with van der Waals surface area (Å²) >= 11 is 0.745. The number of nitrogens with zero attached hydrogens (tertiary/aromatic N) is 1. The van der Waals surface area contributed by atoms with Crippen LogP contribution in [0.3, 0.4) is 0 Å². The van der Waals surface area contributed by atoms with E-state index in [4.69, 9.17) is 0 Å². The number of ketones is 1. The van der Waals surface area contributed by atoms with E-state index in [1.165, 1.54) is 12.8 Å². The maximum Gasteiger partial charge on any atom is 0.410 e. The zero-order valence-electron chi connectivity index (χ0n) is 18.8. The number of hydrogen-bond acceptors (Lipinski definition) is 4. The summed E-state index contributed by atoms with van der Waals surface area (Å²) in [5, 5.41) is 4.06. The molecule has 0 spiro atoms. The molecule has 8 heteroatoms. The molecule has 3 saturated carbocycles. The second kappa shape index (κ2) is 7.95. The van der Waals surface area contributed by atoms with Gasteiger partial charge in [0, 0.05) is 31.0 Å². The van der Waals surface area contributed by atoms with Crippen LogP contribution in [0.1, 0.15) is 65.2 Å². The van der Waals surface area contributed by atoms with Crippen molar-refractivity contribution in [2.75, 3.05) is 13.1 Å². The third-order valence-corrected chi connectivity index (χ3v) is 10.5. The summed E-state index contributed by atoms with van der Waals surface area (Å²) < 4.78 is 41.9. The number of carbonyl (C=O) groups is 2. The minimum absolute atomic E-state index is 0.0666. The lowest BCUT2D eigenvalue weighted by Gasteiger charge is -2.48. The number of nitrogens with one attached hydrogen (secondary N) is 1. The van der Waals surface area contributed by atoms with Crippen LogP contribution in [0.2, 0.25) is 0 Å². The molecule has 2 bridgehead atoms. The molecule has 0 aromatic carbocycles. The second-order valence-corrected chi connectivity index (χ2v) is 12.0. The van der Waals surface area contributed by atoms with E-state index in [1.807, 2.05) is 6.92 Å². The van der Waals surface area contributed by atoms with Gasteiger partial charge in [-0.1, -0.05) is 25.1 Å². The predicted molar refractivity (Wildman–Crippen MR) is 118 cm³/mol.